The third-order valence-electron chi connectivity index (χ3n) is 1.49. The summed E-state index contributed by atoms with van der Waals surface area (Å²) >= 11 is 0. The van der Waals surface area contributed by atoms with Gasteiger partial charge in [0, 0.05) is 0 Å². The first kappa shape index (κ1) is 9.86. The Bertz CT molecular complexity index is 279. The molecule has 0 aliphatic carbocycles. The summed E-state index contributed by atoms with van der Waals surface area (Å²) in [6.45, 7) is 1.92. The summed E-state index contributed by atoms with van der Waals surface area (Å²) in [6, 6.07) is 6.00. The van der Waals surface area contributed by atoms with Crippen LogP contribution in [0.15, 0.2) is 24.3 Å². The second-order valence-electron chi connectivity index (χ2n) is 2.82. The fourth-order valence-corrected chi connectivity index (χ4v) is 0.893. The number of Topliss-reactive ketones (excluding diaryl/α,β-unsaturated/α-hetero) is 1. The van der Waals surface area contributed by atoms with E-state index in [9.17, 15) is 9.18 Å². The largest absolute Gasteiger partial charge is 0.369 e. The fraction of sp³-hybridized carbons (Fsp3) is 0.300. The number of hydrogen-bond donors (Lipinski definition) is 0. The highest BCUT2D eigenvalue weighted by atomic mass is 19.1. The summed E-state index contributed by atoms with van der Waals surface area (Å²) in [7, 11) is 0. The van der Waals surface area contributed by atoms with Crippen LogP contribution in [-0.4, -0.2) is 12.4 Å². The molecule has 13 heavy (non-hydrogen) atoms. The molecule has 0 aromatic heterocycles. The van der Waals surface area contributed by atoms with Gasteiger partial charge >= 0.3 is 0 Å². The molecule has 1 aromatic carbocycles. The summed E-state index contributed by atoms with van der Waals surface area (Å²) < 4.78 is 17.5. The van der Waals surface area contributed by atoms with Crippen molar-refractivity contribution in [2.24, 2.45) is 0 Å². The number of rotatable bonds is 4. The molecule has 0 aliphatic heterocycles. The van der Waals surface area contributed by atoms with E-state index in [1.165, 1.54) is 19.1 Å². The van der Waals surface area contributed by atoms with E-state index in [0.717, 1.165) is 5.56 Å². The molecule has 3 heteroatoms. The summed E-state index contributed by atoms with van der Waals surface area (Å²) in [4.78, 5) is 10.5. The Labute approximate surface area is 76.3 Å². The first-order valence-corrected chi connectivity index (χ1v) is 4.00. The SMILES string of the molecule is CC(=O)COCc1ccc(F)cc1. The van der Waals surface area contributed by atoms with Gasteiger partial charge in [0.25, 0.3) is 0 Å². The summed E-state index contributed by atoms with van der Waals surface area (Å²) in [5.74, 6) is -0.280. The van der Waals surface area contributed by atoms with Crippen LogP contribution < -0.4 is 0 Å². The molecule has 0 heterocycles. The van der Waals surface area contributed by atoms with Gasteiger partial charge in [0.05, 0.1) is 6.61 Å². The number of carbonyl (C=O) groups is 1. The monoisotopic (exact) mass is 182 g/mol. The number of hydrogen-bond acceptors (Lipinski definition) is 2. The number of benzene rings is 1. The van der Waals surface area contributed by atoms with Crippen molar-refractivity contribution < 1.29 is 13.9 Å². The van der Waals surface area contributed by atoms with Crippen LogP contribution in [-0.2, 0) is 16.1 Å². The molecular formula is C10H11FO2. The van der Waals surface area contributed by atoms with Crippen LogP contribution in [0, 0.1) is 5.82 Å². The fourth-order valence-electron chi connectivity index (χ4n) is 0.893. The predicted octanol–water partition coefficient (Wildman–Crippen LogP) is 1.93. The van der Waals surface area contributed by atoms with E-state index in [2.05, 4.69) is 0 Å². The quantitative estimate of drug-likeness (QED) is 0.711. The minimum Gasteiger partial charge on any atom is -0.369 e. The maximum atomic E-state index is 12.4. The van der Waals surface area contributed by atoms with Crippen molar-refractivity contribution in [3.63, 3.8) is 0 Å². The molecule has 0 radical (unpaired) electrons. The lowest BCUT2D eigenvalue weighted by Gasteiger charge is -2.01. The molecular weight excluding hydrogens is 171 g/mol. The van der Waals surface area contributed by atoms with Gasteiger partial charge in [-0.25, -0.2) is 4.39 Å². The van der Waals surface area contributed by atoms with Crippen LogP contribution >= 0.6 is 0 Å². The van der Waals surface area contributed by atoms with Crippen molar-refractivity contribution in [3.8, 4) is 0 Å². The smallest absolute Gasteiger partial charge is 0.155 e. The molecule has 0 N–H and O–H groups in total. The van der Waals surface area contributed by atoms with Gasteiger partial charge in [0.2, 0.25) is 0 Å². The van der Waals surface area contributed by atoms with Gasteiger partial charge < -0.3 is 4.74 Å². The molecule has 0 aliphatic rings. The molecule has 0 bridgehead atoms. The van der Waals surface area contributed by atoms with Crippen molar-refractivity contribution in [3.05, 3.63) is 35.6 Å². The molecule has 1 aromatic rings. The topological polar surface area (TPSA) is 26.3 Å². The van der Waals surface area contributed by atoms with Crippen molar-refractivity contribution in [2.75, 3.05) is 6.61 Å². The van der Waals surface area contributed by atoms with Crippen molar-refractivity contribution >= 4 is 5.78 Å². The second kappa shape index (κ2) is 4.72. The van der Waals surface area contributed by atoms with E-state index >= 15 is 0 Å². The average molecular weight is 182 g/mol. The highest BCUT2D eigenvalue weighted by Crippen LogP contribution is 2.03. The van der Waals surface area contributed by atoms with Gasteiger partial charge in [-0.2, -0.15) is 0 Å². The highest BCUT2D eigenvalue weighted by Gasteiger charge is 1.95. The predicted molar refractivity (Wildman–Crippen MR) is 46.7 cm³/mol. The minimum absolute atomic E-state index is 0.0119. The molecule has 0 saturated carbocycles. The van der Waals surface area contributed by atoms with E-state index in [-0.39, 0.29) is 18.2 Å². The van der Waals surface area contributed by atoms with Crippen LogP contribution in [0.25, 0.3) is 0 Å². The zero-order valence-corrected chi connectivity index (χ0v) is 7.42. The third-order valence-corrected chi connectivity index (χ3v) is 1.49. The van der Waals surface area contributed by atoms with Crippen molar-refractivity contribution in [1.82, 2.24) is 0 Å². The molecule has 2 nitrogen and oxygen atoms in total. The van der Waals surface area contributed by atoms with Crippen LogP contribution in [0.3, 0.4) is 0 Å². The molecule has 0 fully saturated rings. The van der Waals surface area contributed by atoms with Crippen LogP contribution in [0.2, 0.25) is 0 Å². The van der Waals surface area contributed by atoms with Crippen molar-refractivity contribution in [2.45, 2.75) is 13.5 Å². The molecule has 70 valence electrons. The third kappa shape index (κ3) is 3.80. The summed E-state index contributed by atoms with van der Waals surface area (Å²) in [5, 5.41) is 0. The lowest BCUT2D eigenvalue weighted by atomic mass is 10.2. The normalized spacial score (nSPS) is 10.0. The van der Waals surface area contributed by atoms with Gasteiger partial charge in [-0.1, -0.05) is 12.1 Å². The lowest BCUT2D eigenvalue weighted by Crippen LogP contribution is -2.03. The molecule has 0 unspecified atom stereocenters. The standard InChI is InChI=1S/C10H11FO2/c1-8(12)6-13-7-9-2-4-10(11)5-3-9/h2-5H,6-7H2,1H3. The minimum atomic E-state index is -0.268. The first-order chi connectivity index (χ1) is 6.18. The summed E-state index contributed by atoms with van der Waals surface area (Å²) in [6.07, 6.45) is 0. The van der Waals surface area contributed by atoms with E-state index < -0.39 is 0 Å². The van der Waals surface area contributed by atoms with Gasteiger partial charge in [-0.05, 0) is 24.6 Å². The molecule has 0 atom stereocenters. The van der Waals surface area contributed by atoms with E-state index in [0.29, 0.717) is 6.61 Å². The maximum Gasteiger partial charge on any atom is 0.155 e. The Morgan fingerprint density at radius 2 is 2.00 bits per heavy atom. The van der Waals surface area contributed by atoms with Gasteiger partial charge in [0.1, 0.15) is 12.4 Å². The zero-order valence-electron chi connectivity index (χ0n) is 7.42. The van der Waals surface area contributed by atoms with Gasteiger partial charge in [0.15, 0.2) is 5.78 Å². The van der Waals surface area contributed by atoms with Crippen LogP contribution in [0.1, 0.15) is 12.5 Å². The highest BCUT2D eigenvalue weighted by molar-refractivity contribution is 5.76. The Morgan fingerprint density at radius 3 is 2.54 bits per heavy atom. The Kier molecular flexibility index (Phi) is 3.58. The zero-order chi connectivity index (χ0) is 9.68. The van der Waals surface area contributed by atoms with Crippen LogP contribution in [0.4, 0.5) is 4.39 Å². The van der Waals surface area contributed by atoms with E-state index in [1.54, 1.807) is 12.1 Å². The molecule has 0 saturated heterocycles. The maximum absolute atomic E-state index is 12.4. The Morgan fingerprint density at radius 1 is 1.38 bits per heavy atom. The molecule has 1 rings (SSSR count). The number of halogens is 1. The number of ether oxygens (including phenoxy) is 1. The lowest BCUT2D eigenvalue weighted by molar-refractivity contribution is -0.121. The van der Waals surface area contributed by atoms with E-state index in [1.807, 2.05) is 0 Å². The number of carbonyl (C=O) groups excluding carboxylic acids is 1. The van der Waals surface area contributed by atoms with Gasteiger partial charge in [-0.15, -0.1) is 0 Å². The first-order valence-electron chi connectivity index (χ1n) is 4.00. The van der Waals surface area contributed by atoms with Gasteiger partial charge in [-0.3, -0.25) is 4.79 Å². The molecule has 0 spiro atoms. The summed E-state index contributed by atoms with van der Waals surface area (Å²) in [5.41, 5.74) is 0.864. The van der Waals surface area contributed by atoms with Crippen molar-refractivity contribution in [1.29, 1.82) is 0 Å². The van der Waals surface area contributed by atoms with E-state index in [4.69, 9.17) is 4.74 Å². The Balaban J connectivity index is 2.37. The molecule has 0 amide bonds. The average Bonchev–Trinajstić information content (AvgIpc) is 2.08. The second-order valence-corrected chi connectivity index (χ2v) is 2.82. The number of ketones is 1. The van der Waals surface area contributed by atoms with Crippen LogP contribution in [0.5, 0.6) is 0 Å². The Hall–Kier alpha value is -1.22.